The highest BCUT2D eigenvalue weighted by atomic mass is 79.9. The van der Waals surface area contributed by atoms with Crippen LogP contribution < -0.4 is 5.32 Å². The van der Waals surface area contributed by atoms with Crippen LogP contribution in [0, 0.1) is 6.92 Å². The third-order valence-corrected chi connectivity index (χ3v) is 3.29. The van der Waals surface area contributed by atoms with Gasteiger partial charge >= 0.3 is 0 Å². The minimum absolute atomic E-state index is 0.206. The standard InChI is InChI=1S/C10H18BrN3O/c1-7(5-12-3)15-6-9-10(11)8(2)13-14(9)4/h7,12H,5-6H2,1-4H3. The highest BCUT2D eigenvalue weighted by Gasteiger charge is 2.11. The van der Waals surface area contributed by atoms with Crippen molar-refractivity contribution in [3.8, 4) is 0 Å². The summed E-state index contributed by atoms with van der Waals surface area (Å²) in [5.41, 5.74) is 2.08. The minimum atomic E-state index is 0.206. The van der Waals surface area contributed by atoms with Crippen molar-refractivity contribution in [2.75, 3.05) is 13.6 Å². The van der Waals surface area contributed by atoms with E-state index in [2.05, 4.69) is 26.3 Å². The molecule has 5 heteroatoms. The highest BCUT2D eigenvalue weighted by Crippen LogP contribution is 2.21. The molecular weight excluding hydrogens is 258 g/mol. The maximum absolute atomic E-state index is 5.69. The monoisotopic (exact) mass is 275 g/mol. The zero-order valence-electron chi connectivity index (χ0n) is 9.67. The second-order valence-electron chi connectivity index (χ2n) is 3.65. The fourth-order valence-corrected chi connectivity index (χ4v) is 1.85. The molecule has 1 heterocycles. The smallest absolute Gasteiger partial charge is 0.0900 e. The van der Waals surface area contributed by atoms with E-state index in [0.29, 0.717) is 6.61 Å². The molecule has 0 aliphatic rings. The van der Waals surface area contributed by atoms with Crippen molar-refractivity contribution in [3.05, 3.63) is 15.9 Å². The van der Waals surface area contributed by atoms with E-state index >= 15 is 0 Å². The number of aryl methyl sites for hydroxylation is 2. The molecule has 1 N–H and O–H groups in total. The van der Waals surface area contributed by atoms with E-state index in [1.54, 1.807) is 0 Å². The molecule has 1 unspecified atom stereocenters. The summed E-state index contributed by atoms with van der Waals surface area (Å²) in [6.45, 7) is 5.47. The fraction of sp³-hybridized carbons (Fsp3) is 0.700. The van der Waals surface area contributed by atoms with Gasteiger partial charge in [-0.3, -0.25) is 4.68 Å². The van der Waals surface area contributed by atoms with Crippen molar-refractivity contribution >= 4 is 15.9 Å². The van der Waals surface area contributed by atoms with E-state index in [4.69, 9.17) is 4.74 Å². The molecule has 15 heavy (non-hydrogen) atoms. The highest BCUT2D eigenvalue weighted by molar-refractivity contribution is 9.10. The number of hydrogen-bond acceptors (Lipinski definition) is 3. The average Bonchev–Trinajstić information content (AvgIpc) is 2.40. The van der Waals surface area contributed by atoms with Crippen molar-refractivity contribution in [3.63, 3.8) is 0 Å². The summed E-state index contributed by atoms with van der Waals surface area (Å²) >= 11 is 3.51. The Labute approximate surface area is 99.1 Å². The molecular formula is C10H18BrN3O. The quantitative estimate of drug-likeness (QED) is 0.888. The van der Waals surface area contributed by atoms with Crippen LogP contribution in [0.2, 0.25) is 0 Å². The zero-order chi connectivity index (χ0) is 11.4. The van der Waals surface area contributed by atoms with Crippen molar-refractivity contribution in [2.45, 2.75) is 26.6 Å². The van der Waals surface area contributed by atoms with Gasteiger partial charge in [0, 0.05) is 13.6 Å². The number of nitrogens with zero attached hydrogens (tertiary/aromatic N) is 2. The van der Waals surface area contributed by atoms with Gasteiger partial charge in [-0.05, 0) is 36.8 Å². The zero-order valence-corrected chi connectivity index (χ0v) is 11.3. The summed E-state index contributed by atoms with van der Waals surface area (Å²) in [6.07, 6.45) is 0.206. The van der Waals surface area contributed by atoms with Crippen molar-refractivity contribution in [1.82, 2.24) is 15.1 Å². The lowest BCUT2D eigenvalue weighted by atomic mass is 10.3. The van der Waals surface area contributed by atoms with E-state index in [9.17, 15) is 0 Å². The lowest BCUT2D eigenvalue weighted by molar-refractivity contribution is 0.0504. The van der Waals surface area contributed by atoms with E-state index < -0.39 is 0 Å². The third kappa shape index (κ3) is 3.29. The molecule has 0 radical (unpaired) electrons. The van der Waals surface area contributed by atoms with Gasteiger partial charge in [0.2, 0.25) is 0 Å². The van der Waals surface area contributed by atoms with E-state index in [-0.39, 0.29) is 6.10 Å². The molecule has 0 aromatic carbocycles. The number of hydrogen-bond donors (Lipinski definition) is 1. The van der Waals surface area contributed by atoms with Gasteiger partial charge in [-0.15, -0.1) is 0 Å². The average molecular weight is 276 g/mol. The van der Waals surface area contributed by atoms with Gasteiger partial charge in [-0.2, -0.15) is 5.10 Å². The molecule has 1 atom stereocenters. The van der Waals surface area contributed by atoms with Crippen LogP contribution in [0.25, 0.3) is 0 Å². The molecule has 0 saturated carbocycles. The molecule has 1 rings (SSSR count). The first kappa shape index (κ1) is 12.7. The van der Waals surface area contributed by atoms with Gasteiger partial charge in [-0.25, -0.2) is 0 Å². The first-order valence-electron chi connectivity index (χ1n) is 5.00. The first-order valence-corrected chi connectivity index (χ1v) is 5.79. The Kier molecular flexibility index (Phi) is 4.76. The Hall–Kier alpha value is -0.390. The van der Waals surface area contributed by atoms with E-state index in [1.807, 2.05) is 32.6 Å². The third-order valence-electron chi connectivity index (χ3n) is 2.26. The lowest BCUT2D eigenvalue weighted by Crippen LogP contribution is -2.23. The Morgan fingerprint density at radius 1 is 1.60 bits per heavy atom. The van der Waals surface area contributed by atoms with Crippen LogP contribution >= 0.6 is 15.9 Å². The summed E-state index contributed by atoms with van der Waals surface area (Å²) < 4.78 is 8.59. The summed E-state index contributed by atoms with van der Waals surface area (Å²) in [5, 5.41) is 7.39. The van der Waals surface area contributed by atoms with Crippen LogP contribution in [0.1, 0.15) is 18.3 Å². The Bertz CT molecular complexity index is 325. The molecule has 1 aromatic heterocycles. The largest absolute Gasteiger partial charge is 0.371 e. The molecule has 0 amide bonds. The van der Waals surface area contributed by atoms with Gasteiger partial charge in [0.1, 0.15) is 0 Å². The second kappa shape index (κ2) is 5.63. The SMILES string of the molecule is CNCC(C)OCc1c(Br)c(C)nn1C. The molecule has 86 valence electrons. The molecule has 0 aliphatic carbocycles. The number of nitrogens with one attached hydrogen (secondary N) is 1. The van der Waals surface area contributed by atoms with Crippen LogP contribution in [-0.2, 0) is 18.4 Å². The first-order chi connectivity index (χ1) is 7.06. The van der Waals surface area contributed by atoms with Crippen LogP contribution in [0.15, 0.2) is 4.47 Å². The normalized spacial score (nSPS) is 13.1. The van der Waals surface area contributed by atoms with Crippen LogP contribution in [-0.4, -0.2) is 29.5 Å². The predicted octanol–water partition coefficient (Wildman–Crippen LogP) is 1.62. The van der Waals surface area contributed by atoms with Gasteiger partial charge in [-0.1, -0.05) is 0 Å². The fourth-order valence-electron chi connectivity index (χ4n) is 1.40. The molecule has 1 aromatic rings. The van der Waals surface area contributed by atoms with Crippen molar-refractivity contribution in [1.29, 1.82) is 0 Å². The Morgan fingerprint density at radius 2 is 2.27 bits per heavy atom. The summed E-state index contributed by atoms with van der Waals surface area (Å²) in [5.74, 6) is 0. The summed E-state index contributed by atoms with van der Waals surface area (Å²) in [7, 11) is 3.85. The molecule has 0 spiro atoms. The molecule has 0 bridgehead atoms. The summed E-state index contributed by atoms with van der Waals surface area (Å²) in [6, 6.07) is 0. The number of halogens is 1. The second-order valence-corrected chi connectivity index (χ2v) is 4.44. The molecule has 0 fully saturated rings. The topological polar surface area (TPSA) is 39.1 Å². The van der Waals surface area contributed by atoms with Crippen LogP contribution in [0.4, 0.5) is 0 Å². The van der Waals surface area contributed by atoms with E-state index in [0.717, 1.165) is 22.4 Å². The van der Waals surface area contributed by atoms with Gasteiger partial charge in [0.25, 0.3) is 0 Å². The molecule has 0 aliphatic heterocycles. The number of aromatic nitrogens is 2. The molecule has 0 saturated heterocycles. The van der Waals surface area contributed by atoms with Crippen LogP contribution in [0.5, 0.6) is 0 Å². The van der Waals surface area contributed by atoms with Crippen LogP contribution in [0.3, 0.4) is 0 Å². The van der Waals surface area contributed by atoms with Gasteiger partial charge in [0.05, 0.1) is 28.6 Å². The number of ether oxygens (including phenoxy) is 1. The predicted molar refractivity (Wildman–Crippen MR) is 63.8 cm³/mol. The van der Waals surface area contributed by atoms with Crippen molar-refractivity contribution < 1.29 is 4.74 Å². The maximum Gasteiger partial charge on any atom is 0.0900 e. The number of rotatable bonds is 5. The number of likely N-dealkylation sites (N-methyl/N-ethyl adjacent to an activating group) is 1. The lowest BCUT2D eigenvalue weighted by Gasteiger charge is -2.12. The van der Waals surface area contributed by atoms with E-state index in [1.165, 1.54) is 0 Å². The Morgan fingerprint density at radius 3 is 2.73 bits per heavy atom. The Balaban J connectivity index is 2.57. The minimum Gasteiger partial charge on any atom is -0.371 e. The van der Waals surface area contributed by atoms with Crippen molar-refractivity contribution in [2.24, 2.45) is 7.05 Å². The van der Waals surface area contributed by atoms with Gasteiger partial charge in [0.15, 0.2) is 0 Å². The summed E-state index contributed by atoms with van der Waals surface area (Å²) in [4.78, 5) is 0. The maximum atomic E-state index is 5.69. The van der Waals surface area contributed by atoms with Gasteiger partial charge < -0.3 is 10.1 Å². The molecule has 4 nitrogen and oxygen atoms in total.